The van der Waals surface area contributed by atoms with Gasteiger partial charge in [-0.25, -0.2) is 8.78 Å². The van der Waals surface area contributed by atoms with E-state index in [1.807, 2.05) is 31.2 Å². The Kier molecular flexibility index (Phi) is 5.04. The van der Waals surface area contributed by atoms with Crippen molar-refractivity contribution in [3.05, 3.63) is 70.5 Å². The van der Waals surface area contributed by atoms with E-state index in [-0.39, 0.29) is 5.56 Å². The molecule has 0 unspecified atom stereocenters. The number of amides is 1. The van der Waals surface area contributed by atoms with Gasteiger partial charge in [-0.15, -0.1) is 0 Å². The summed E-state index contributed by atoms with van der Waals surface area (Å²) in [7, 11) is 1.49. The van der Waals surface area contributed by atoms with Gasteiger partial charge in [-0.3, -0.25) is 9.48 Å². The molecule has 3 aromatic rings. The van der Waals surface area contributed by atoms with E-state index >= 15 is 0 Å². The highest BCUT2D eigenvalue weighted by Crippen LogP contribution is 2.32. The summed E-state index contributed by atoms with van der Waals surface area (Å²) >= 11 is 6.01. The molecule has 0 saturated heterocycles. The minimum atomic E-state index is -2.83. The minimum absolute atomic E-state index is 0.148. The number of nitrogens with one attached hydrogen (secondary N) is 1. The number of carbonyl (C=O) groups excluding carboxylic acids is 1. The van der Waals surface area contributed by atoms with E-state index in [1.54, 1.807) is 18.2 Å². The number of carbonyl (C=O) groups is 1. The number of benzene rings is 2. The summed E-state index contributed by atoms with van der Waals surface area (Å²) in [6.07, 6.45) is -1.54. The molecule has 0 aliphatic rings. The molecule has 26 heavy (non-hydrogen) atoms. The van der Waals surface area contributed by atoms with Gasteiger partial charge in [0.25, 0.3) is 12.3 Å². The number of hydrogen-bond acceptors (Lipinski definition) is 2. The lowest BCUT2D eigenvalue weighted by Gasteiger charge is -2.13. The zero-order valence-electron chi connectivity index (χ0n) is 14.1. The molecule has 1 heterocycles. The van der Waals surface area contributed by atoms with Crippen molar-refractivity contribution >= 4 is 23.2 Å². The molecule has 0 fully saturated rings. The van der Waals surface area contributed by atoms with Gasteiger partial charge in [-0.05, 0) is 36.2 Å². The van der Waals surface area contributed by atoms with Crippen LogP contribution in [-0.2, 0) is 7.05 Å². The highest BCUT2D eigenvalue weighted by molar-refractivity contribution is 6.30. The van der Waals surface area contributed by atoms with E-state index in [4.69, 9.17) is 11.6 Å². The van der Waals surface area contributed by atoms with Crippen molar-refractivity contribution in [2.75, 3.05) is 5.32 Å². The third-order valence-electron chi connectivity index (χ3n) is 3.96. The van der Waals surface area contributed by atoms with E-state index in [2.05, 4.69) is 10.4 Å². The van der Waals surface area contributed by atoms with Crippen LogP contribution in [0.3, 0.4) is 0 Å². The molecule has 4 nitrogen and oxygen atoms in total. The topological polar surface area (TPSA) is 46.9 Å². The van der Waals surface area contributed by atoms with E-state index in [9.17, 15) is 13.6 Å². The maximum atomic E-state index is 13.1. The highest BCUT2D eigenvalue weighted by atomic mass is 35.5. The number of aryl methyl sites for hydroxylation is 2. The maximum Gasteiger partial charge on any atom is 0.282 e. The Labute approximate surface area is 154 Å². The number of anilines is 1. The second kappa shape index (κ2) is 7.25. The minimum Gasteiger partial charge on any atom is -0.321 e. The summed E-state index contributed by atoms with van der Waals surface area (Å²) in [4.78, 5) is 12.6. The number of hydrogen-bond donors (Lipinski definition) is 1. The van der Waals surface area contributed by atoms with Crippen LogP contribution in [0.4, 0.5) is 14.5 Å². The van der Waals surface area contributed by atoms with E-state index < -0.39 is 18.0 Å². The number of rotatable bonds is 4. The Bertz CT molecular complexity index is 969. The molecule has 2 aromatic carbocycles. The molecule has 1 N–H and O–H groups in total. The van der Waals surface area contributed by atoms with Gasteiger partial charge in [-0.1, -0.05) is 35.9 Å². The van der Waals surface area contributed by atoms with Crippen LogP contribution in [0.5, 0.6) is 0 Å². The Balaban J connectivity index is 1.98. The zero-order chi connectivity index (χ0) is 18.8. The van der Waals surface area contributed by atoms with E-state index in [1.165, 1.54) is 17.9 Å². The molecule has 0 spiro atoms. The standard InChI is InChI=1S/C19H16ClF2N3O/c1-11-9-12(20)7-8-13(11)14-5-3-4-6-16(14)23-19(26)15-10-25(2)24-17(15)18(21)22/h3-10,18H,1-2H3,(H,23,26). The molecule has 0 aliphatic carbocycles. The van der Waals surface area contributed by atoms with Crippen LogP contribution in [0, 0.1) is 6.92 Å². The first-order chi connectivity index (χ1) is 12.4. The van der Waals surface area contributed by atoms with Crippen LogP contribution in [0.15, 0.2) is 48.7 Å². The van der Waals surface area contributed by atoms with Crippen LogP contribution in [0.25, 0.3) is 11.1 Å². The molecule has 0 bridgehead atoms. The summed E-state index contributed by atoms with van der Waals surface area (Å²) in [5, 5.41) is 7.00. The molecule has 7 heteroatoms. The van der Waals surface area contributed by atoms with Gasteiger partial charge < -0.3 is 5.32 Å². The predicted molar refractivity (Wildman–Crippen MR) is 97.7 cm³/mol. The van der Waals surface area contributed by atoms with Crippen LogP contribution < -0.4 is 5.32 Å². The first-order valence-electron chi connectivity index (χ1n) is 7.85. The Morgan fingerprint density at radius 2 is 1.92 bits per heavy atom. The quantitative estimate of drug-likeness (QED) is 0.678. The van der Waals surface area contributed by atoms with Crippen molar-refractivity contribution in [2.24, 2.45) is 7.05 Å². The van der Waals surface area contributed by atoms with Crippen molar-refractivity contribution in [2.45, 2.75) is 13.3 Å². The summed E-state index contributed by atoms with van der Waals surface area (Å²) in [6, 6.07) is 12.6. The normalized spacial score (nSPS) is 11.0. The van der Waals surface area contributed by atoms with Gasteiger partial charge >= 0.3 is 0 Å². The SMILES string of the molecule is Cc1cc(Cl)ccc1-c1ccccc1NC(=O)c1cn(C)nc1C(F)F. The molecule has 0 saturated carbocycles. The van der Waals surface area contributed by atoms with E-state index in [0.29, 0.717) is 10.7 Å². The number of aromatic nitrogens is 2. The molecule has 0 radical (unpaired) electrons. The lowest BCUT2D eigenvalue weighted by molar-refractivity contribution is 0.101. The Morgan fingerprint density at radius 3 is 2.62 bits per heavy atom. The van der Waals surface area contributed by atoms with Crippen LogP contribution in [-0.4, -0.2) is 15.7 Å². The summed E-state index contributed by atoms with van der Waals surface area (Å²) in [5.41, 5.74) is 2.44. The summed E-state index contributed by atoms with van der Waals surface area (Å²) in [5.74, 6) is -0.632. The number of halogens is 3. The molecular formula is C19H16ClF2N3O. The van der Waals surface area contributed by atoms with Gasteiger partial charge in [-0.2, -0.15) is 5.10 Å². The van der Waals surface area contributed by atoms with Gasteiger partial charge in [0.2, 0.25) is 0 Å². The zero-order valence-corrected chi connectivity index (χ0v) is 14.9. The average Bonchev–Trinajstić information content (AvgIpc) is 2.98. The third-order valence-corrected chi connectivity index (χ3v) is 4.20. The smallest absolute Gasteiger partial charge is 0.282 e. The van der Waals surface area contributed by atoms with Gasteiger partial charge in [0, 0.05) is 29.5 Å². The lowest BCUT2D eigenvalue weighted by atomic mass is 9.99. The highest BCUT2D eigenvalue weighted by Gasteiger charge is 2.23. The Morgan fingerprint density at radius 1 is 1.19 bits per heavy atom. The molecule has 1 aromatic heterocycles. The fourth-order valence-corrected chi connectivity index (χ4v) is 3.01. The third kappa shape index (κ3) is 3.60. The number of alkyl halides is 2. The molecule has 1 amide bonds. The van der Waals surface area contributed by atoms with Crippen molar-refractivity contribution in [3.8, 4) is 11.1 Å². The second-order valence-electron chi connectivity index (χ2n) is 5.86. The molecule has 134 valence electrons. The van der Waals surface area contributed by atoms with Crippen LogP contribution in [0.2, 0.25) is 5.02 Å². The van der Waals surface area contributed by atoms with Gasteiger partial charge in [0.15, 0.2) is 0 Å². The van der Waals surface area contributed by atoms with Gasteiger partial charge in [0.05, 0.1) is 5.56 Å². The van der Waals surface area contributed by atoms with Crippen molar-refractivity contribution < 1.29 is 13.6 Å². The van der Waals surface area contributed by atoms with E-state index in [0.717, 1.165) is 16.7 Å². The number of para-hydroxylation sites is 1. The largest absolute Gasteiger partial charge is 0.321 e. The lowest BCUT2D eigenvalue weighted by Crippen LogP contribution is -2.14. The molecule has 0 aliphatic heterocycles. The molecule has 0 atom stereocenters. The molecular weight excluding hydrogens is 360 g/mol. The first-order valence-corrected chi connectivity index (χ1v) is 8.23. The molecule has 3 rings (SSSR count). The fourth-order valence-electron chi connectivity index (χ4n) is 2.79. The number of nitrogens with zero attached hydrogens (tertiary/aromatic N) is 2. The van der Waals surface area contributed by atoms with Crippen molar-refractivity contribution in [3.63, 3.8) is 0 Å². The van der Waals surface area contributed by atoms with Crippen molar-refractivity contribution in [1.82, 2.24) is 9.78 Å². The average molecular weight is 376 g/mol. The fraction of sp³-hybridized carbons (Fsp3) is 0.158. The van der Waals surface area contributed by atoms with Crippen molar-refractivity contribution in [1.29, 1.82) is 0 Å². The second-order valence-corrected chi connectivity index (χ2v) is 6.30. The first kappa shape index (κ1) is 18.1. The monoisotopic (exact) mass is 375 g/mol. The predicted octanol–water partition coefficient (Wildman–Crippen LogP) is 5.24. The summed E-state index contributed by atoms with van der Waals surface area (Å²) in [6.45, 7) is 1.91. The van der Waals surface area contributed by atoms with Crippen LogP contribution in [0.1, 0.15) is 28.0 Å². The maximum absolute atomic E-state index is 13.1. The Hall–Kier alpha value is -2.73. The van der Waals surface area contributed by atoms with Crippen LogP contribution >= 0.6 is 11.6 Å². The summed E-state index contributed by atoms with van der Waals surface area (Å²) < 4.78 is 27.4. The van der Waals surface area contributed by atoms with Gasteiger partial charge in [0.1, 0.15) is 5.69 Å².